The van der Waals surface area contributed by atoms with E-state index in [0.717, 1.165) is 11.4 Å². The molecule has 0 heterocycles. The van der Waals surface area contributed by atoms with Crippen molar-refractivity contribution in [3.8, 4) is 33.4 Å². The van der Waals surface area contributed by atoms with E-state index in [-0.39, 0.29) is 16.2 Å². The lowest BCUT2D eigenvalue weighted by atomic mass is 9.65. The number of hydrogen-bond acceptors (Lipinski definition) is 1. The first-order valence-corrected chi connectivity index (χ1v) is 21.2. The monoisotopic (exact) mass is 759 g/mol. The highest BCUT2D eigenvalue weighted by Gasteiger charge is 2.95. The van der Waals surface area contributed by atoms with E-state index in [9.17, 15) is 0 Å². The molecule has 60 heavy (non-hydrogen) atoms. The number of rotatable bonds is 5. The van der Waals surface area contributed by atoms with Gasteiger partial charge in [-0.1, -0.05) is 188 Å². The van der Waals surface area contributed by atoms with Crippen molar-refractivity contribution in [3.05, 3.63) is 258 Å². The molecule has 3 atom stereocenters. The average molecular weight is 760 g/mol. The van der Waals surface area contributed by atoms with Gasteiger partial charge in [-0.3, -0.25) is 0 Å². The first kappa shape index (κ1) is 32.5. The van der Waals surface area contributed by atoms with Crippen LogP contribution >= 0.6 is 0 Å². The van der Waals surface area contributed by atoms with Gasteiger partial charge >= 0.3 is 0 Å². The lowest BCUT2D eigenvalue weighted by molar-refractivity contribution is 0.690. The highest BCUT2D eigenvalue weighted by molar-refractivity contribution is 6.14. The first-order valence-electron chi connectivity index (χ1n) is 21.2. The fourth-order valence-electron chi connectivity index (χ4n) is 12.9. The molecule has 1 nitrogen and oxygen atoms in total. The van der Waals surface area contributed by atoms with Crippen LogP contribution in [-0.2, 0) is 16.2 Å². The SMILES string of the molecule is c1ccc(-c2ccc(N(c3ccc(-c4ccccc4)cc3)c3cc4c5c(cccc5c3)C35c6cccc7cccc(c67)C36c3ccccc3-c3ccccc3C465)cc2)cc1. The fraction of sp³-hybridized carbons (Fsp3) is 0.0508. The van der Waals surface area contributed by atoms with Gasteiger partial charge in [0, 0.05) is 17.1 Å². The standard InChI is InChI=1S/C59H37N/c1-3-14-38(15-4-1)40-28-32-44(33-29-40)60(45-34-30-41(31-35-45)39-16-5-2-6-17-39)46-36-43-20-13-27-53-56(43)54(37-46)58-50-24-10-8-22-48(50)47-21-7-9-23-49(47)57(58)51-25-11-18-42-19-12-26-52(55(42)51)59(53,57)58/h1-37H. The van der Waals surface area contributed by atoms with E-state index in [1.54, 1.807) is 0 Å². The summed E-state index contributed by atoms with van der Waals surface area (Å²) in [6.45, 7) is 0. The zero-order valence-electron chi connectivity index (χ0n) is 32.8. The van der Waals surface area contributed by atoms with Crippen molar-refractivity contribution in [3.63, 3.8) is 0 Å². The number of fused-ring (bicyclic) bond motifs is 3. The van der Waals surface area contributed by atoms with Gasteiger partial charge in [0.1, 0.15) is 0 Å². The molecule has 0 saturated heterocycles. The predicted octanol–water partition coefficient (Wildman–Crippen LogP) is 14.7. The van der Waals surface area contributed by atoms with Gasteiger partial charge in [-0.2, -0.15) is 0 Å². The maximum absolute atomic E-state index is 2.59. The van der Waals surface area contributed by atoms with Crippen LogP contribution in [0.3, 0.4) is 0 Å². The molecule has 1 saturated carbocycles. The predicted molar refractivity (Wildman–Crippen MR) is 248 cm³/mol. The Balaban J connectivity index is 1.06. The molecule has 3 spiro atoms. The normalized spacial score (nSPS) is 20.5. The Morgan fingerprint density at radius 2 is 0.633 bits per heavy atom. The molecule has 1 fully saturated rings. The summed E-state index contributed by atoms with van der Waals surface area (Å²) in [5, 5.41) is 5.47. The molecule has 3 unspecified atom stereocenters. The van der Waals surface area contributed by atoms with E-state index >= 15 is 0 Å². The summed E-state index contributed by atoms with van der Waals surface area (Å²) < 4.78 is 0. The van der Waals surface area contributed by atoms with Crippen molar-refractivity contribution < 1.29 is 0 Å². The fourth-order valence-corrected chi connectivity index (χ4v) is 12.9. The van der Waals surface area contributed by atoms with E-state index in [1.807, 2.05) is 0 Å². The molecule has 278 valence electrons. The van der Waals surface area contributed by atoms with Crippen molar-refractivity contribution in [2.24, 2.45) is 0 Å². The van der Waals surface area contributed by atoms with Gasteiger partial charge < -0.3 is 4.90 Å². The largest absolute Gasteiger partial charge is 0.310 e. The Morgan fingerprint density at radius 3 is 1.15 bits per heavy atom. The topological polar surface area (TPSA) is 3.24 Å². The third kappa shape index (κ3) is 3.60. The summed E-state index contributed by atoms with van der Waals surface area (Å²) >= 11 is 0. The third-order valence-electron chi connectivity index (χ3n) is 14.8. The molecule has 0 aliphatic heterocycles. The Labute approximate surface area is 349 Å². The van der Waals surface area contributed by atoms with Crippen molar-refractivity contribution in [2.75, 3.05) is 4.90 Å². The second kappa shape index (κ2) is 11.4. The Kier molecular flexibility index (Phi) is 6.16. The summed E-state index contributed by atoms with van der Waals surface area (Å²) in [6.07, 6.45) is 0. The summed E-state index contributed by atoms with van der Waals surface area (Å²) in [5.74, 6) is 0. The molecule has 0 bridgehead atoms. The number of nitrogens with zero attached hydrogens (tertiary/aromatic N) is 1. The van der Waals surface area contributed by atoms with Crippen LogP contribution in [-0.4, -0.2) is 0 Å². The van der Waals surface area contributed by atoms with Gasteiger partial charge in [-0.25, -0.2) is 0 Å². The Hall–Kier alpha value is -7.48. The minimum absolute atomic E-state index is 0.298. The van der Waals surface area contributed by atoms with Crippen molar-refractivity contribution >= 4 is 38.6 Å². The van der Waals surface area contributed by atoms with Gasteiger partial charge in [-0.05, 0) is 125 Å². The van der Waals surface area contributed by atoms with E-state index < -0.39 is 0 Å². The molecule has 10 aromatic carbocycles. The molecule has 0 radical (unpaired) electrons. The summed E-state index contributed by atoms with van der Waals surface area (Å²) in [4.78, 5) is 2.48. The van der Waals surface area contributed by atoms with Gasteiger partial charge in [0.05, 0.1) is 16.2 Å². The highest BCUT2D eigenvalue weighted by atomic mass is 15.1. The Morgan fingerprint density at radius 1 is 0.250 bits per heavy atom. The zero-order chi connectivity index (χ0) is 39.2. The van der Waals surface area contributed by atoms with E-state index in [1.165, 1.54) is 94.0 Å². The minimum atomic E-state index is -0.342. The van der Waals surface area contributed by atoms with Crippen molar-refractivity contribution in [1.82, 2.24) is 0 Å². The molecule has 14 rings (SSSR count). The minimum Gasteiger partial charge on any atom is -0.310 e. The molecular formula is C59H37N. The van der Waals surface area contributed by atoms with Gasteiger partial charge in [0.2, 0.25) is 0 Å². The van der Waals surface area contributed by atoms with Crippen molar-refractivity contribution in [2.45, 2.75) is 16.2 Å². The Bertz CT molecular complexity index is 3330. The van der Waals surface area contributed by atoms with Crippen LogP contribution < -0.4 is 4.90 Å². The first-order chi connectivity index (χ1) is 29.8. The quantitative estimate of drug-likeness (QED) is 0.169. The molecule has 0 amide bonds. The van der Waals surface area contributed by atoms with Crippen LogP contribution in [0.1, 0.15) is 33.4 Å². The second-order valence-electron chi connectivity index (χ2n) is 17.1. The lowest BCUT2D eigenvalue weighted by Crippen LogP contribution is -2.30. The van der Waals surface area contributed by atoms with E-state index in [0.29, 0.717) is 0 Å². The van der Waals surface area contributed by atoms with Crippen LogP contribution in [0.5, 0.6) is 0 Å². The van der Waals surface area contributed by atoms with Crippen LogP contribution in [0.25, 0.3) is 54.9 Å². The van der Waals surface area contributed by atoms with Crippen LogP contribution in [0.2, 0.25) is 0 Å². The van der Waals surface area contributed by atoms with Crippen molar-refractivity contribution in [1.29, 1.82) is 0 Å². The van der Waals surface area contributed by atoms with Crippen LogP contribution in [0.15, 0.2) is 224 Å². The summed E-state index contributed by atoms with van der Waals surface area (Å²) in [6, 6.07) is 84.7. The molecule has 4 aliphatic rings. The van der Waals surface area contributed by atoms with E-state index in [4.69, 9.17) is 0 Å². The lowest BCUT2D eigenvalue weighted by Gasteiger charge is -2.37. The van der Waals surface area contributed by atoms with Gasteiger partial charge in [0.25, 0.3) is 0 Å². The van der Waals surface area contributed by atoms with Crippen LogP contribution in [0.4, 0.5) is 17.1 Å². The summed E-state index contributed by atoms with van der Waals surface area (Å²) in [5.41, 5.74) is 18.8. The zero-order valence-corrected chi connectivity index (χ0v) is 32.8. The number of hydrogen-bond donors (Lipinski definition) is 0. The van der Waals surface area contributed by atoms with Gasteiger partial charge in [0.15, 0.2) is 0 Å². The summed E-state index contributed by atoms with van der Waals surface area (Å²) in [7, 11) is 0. The molecule has 1 heteroatoms. The number of benzene rings is 10. The highest BCUT2D eigenvalue weighted by Crippen LogP contribution is 2.94. The average Bonchev–Trinajstić information content (AvgIpc) is 3.69. The molecular weight excluding hydrogens is 723 g/mol. The maximum Gasteiger partial charge on any atom is 0.0515 e. The molecule has 4 aliphatic carbocycles. The second-order valence-corrected chi connectivity index (χ2v) is 17.1. The third-order valence-corrected chi connectivity index (χ3v) is 14.8. The van der Waals surface area contributed by atoms with Gasteiger partial charge in [-0.15, -0.1) is 0 Å². The molecule has 10 aromatic rings. The molecule has 0 aromatic heterocycles. The van der Waals surface area contributed by atoms with E-state index in [2.05, 4.69) is 229 Å². The smallest absolute Gasteiger partial charge is 0.0515 e. The molecule has 0 N–H and O–H groups in total. The maximum atomic E-state index is 2.59. The number of anilines is 3. The van der Waals surface area contributed by atoms with Crippen LogP contribution in [0, 0.1) is 0 Å².